The van der Waals surface area contributed by atoms with Gasteiger partial charge in [-0.25, -0.2) is 4.79 Å². The van der Waals surface area contributed by atoms with Crippen molar-refractivity contribution in [1.82, 2.24) is 15.1 Å². The average molecular weight is 487 g/mol. The largest absolute Gasteiger partial charge is 0.497 e. The number of rotatable bonds is 9. The van der Waals surface area contributed by atoms with Crippen LogP contribution in [-0.2, 0) is 9.59 Å². The van der Waals surface area contributed by atoms with Crippen LogP contribution >= 0.6 is 0 Å². The predicted octanol–water partition coefficient (Wildman–Crippen LogP) is 4.26. The van der Waals surface area contributed by atoms with E-state index in [0.29, 0.717) is 43.4 Å². The fraction of sp³-hybridized carbons (Fsp3) is 0.667. The first kappa shape index (κ1) is 26.8. The molecule has 1 saturated heterocycles. The summed E-state index contributed by atoms with van der Waals surface area (Å²) in [6.45, 7) is 7.52. The smallest absolute Gasteiger partial charge is 0.319 e. The van der Waals surface area contributed by atoms with Crippen LogP contribution < -0.4 is 15.4 Å². The van der Waals surface area contributed by atoms with Crippen LogP contribution in [0, 0.1) is 11.8 Å². The van der Waals surface area contributed by atoms with Gasteiger partial charge in [0.05, 0.1) is 7.11 Å². The normalized spacial score (nSPS) is 20.3. The van der Waals surface area contributed by atoms with E-state index in [2.05, 4.69) is 10.6 Å². The molecular weight excluding hydrogens is 444 g/mol. The Morgan fingerprint density at radius 3 is 2.40 bits per heavy atom. The standard InChI is InChI=1S/C27H42N4O4/c1-5-19(2)25(29-27(34)28-22-11-13-23(35-4)14-12-22)26(33)30-16-17-31(20(3)18-30)24(32)15-10-21-8-6-7-9-21/h11-14,19-21,25H,5-10,15-18H2,1-4H3,(H2,28,29,34). The zero-order valence-corrected chi connectivity index (χ0v) is 21.7. The van der Waals surface area contributed by atoms with E-state index in [1.165, 1.54) is 25.7 Å². The van der Waals surface area contributed by atoms with E-state index in [9.17, 15) is 14.4 Å². The van der Waals surface area contributed by atoms with Gasteiger partial charge in [-0.1, -0.05) is 46.0 Å². The maximum absolute atomic E-state index is 13.5. The topological polar surface area (TPSA) is 91.0 Å². The van der Waals surface area contributed by atoms with E-state index in [1.807, 2.05) is 25.7 Å². The minimum Gasteiger partial charge on any atom is -0.497 e. The molecule has 1 aliphatic carbocycles. The van der Waals surface area contributed by atoms with Crippen molar-refractivity contribution in [2.75, 3.05) is 32.1 Å². The first-order valence-corrected chi connectivity index (χ1v) is 13.1. The second-order valence-electron chi connectivity index (χ2n) is 10.1. The Morgan fingerprint density at radius 2 is 1.80 bits per heavy atom. The Hall–Kier alpha value is -2.77. The van der Waals surface area contributed by atoms with Crippen molar-refractivity contribution in [2.45, 2.75) is 77.8 Å². The molecule has 0 spiro atoms. The van der Waals surface area contributed by atoms with Gasteiger partial charge in [-0.2, -0.15) is 0 Å². The van der Waals surface area contributed by atoms with Crippen LogP contribution in [0.25, 0.3) is 0 Å². The van der Waals surface area contributed by atoms with Gasteiger partial charge in [-0.3, -0.25) is 9.59 Å². The van der Waals surface area contributed by atoms with Crippen LogP contribution in [-0.4, -0.2) is 66.5 Å². The SMILES string of the molecule is CCC(C)C(NC(=O)Nc1ccc(OC)cc1)C(=O)N1CCN(C(=O)CCC2CCCC2)C(C)C1. The van der Waals surface area contributed by atoms with E-state index < -0.39 is 12.1 Å². The molecule has 3 rings (SSSR count). The van der Waals surface area contributed by atoms with Gasteiger partial charge in [0.1, 0.15) is 11.8 Å². The molecule has 1 aromatic carbocycles. The molecule has 0 aromatic heterocycles. The summed E-state index contributed by atoms with van der Waals surface area (Å²) in [6, 6.07) is 5.96. The number of ether oxygens (including phenoxy) is 1. The number of carbonyl (C=O) groups excluding carboxylic acids is 3. The number of anilines is 1. The summed E-state index contributed by atoms with van der Waals surface area (Å²) in [5.74, 6) is 1.49. The molecule has 1 saturated carbocycles. The lowest BCUT2D eigenvalue weighted by atomic mass is 9.97. The van der Waals surface area contributed by atoms with Crippen molar-refractivity contribution < 1.29 is 19.1 Å². The van der Waals surface area contributed by atoms with Crippen molar-refractivity contribution in [1.29, 1.82) is 0 Å². The zero-order valence-electron chi connectivity index (χ0n) is 21.7. The van der Waals surface area contributed by atoms with Crippen LogP contribution in [0.4, 0.5) is 10.5 Å². The number of carbonyl (C=O) groups is 3. The van der Waals surface area contributed by atoms with Crippen molar-refractivity contribution in [3.63, 3.8) is 0 Å². The zero-order chi connectivity index (χ0) is 25.4. The average Bonchev–Trinajstić information content (AvgIpc) is 3.39. The van der Waals surface area contributed by atoms with Gasteiger partial charge < -0.3 is 25.2 Å². The molecule has 3 unspecified atom stereocenters. The lowest BCUT2D eigenvalue weighted by molar-refractivity contribution is -0.144. The summed E-state index contributed by atoms with van der Waals surface area (Å²) in [4.78, 5) is 42.7. The first-order valence-electron chi connectivity index (χ1n) is 13.1. The molecule has 194 valence electrons. The monoisotopic (exact) mass is 486 g/mol. The minimum atomic E-state index is -0.630. The summed E-state index contributed by atoms with van der Waals surface area (Å²) in [7, 11) is 1.59. The summed E-state index contributed by atoms with van der Waals surface area (Å²) >= 11 is 0. The van der Waals surface area contributed by atoms with Crippen molar-refractivity contribution >= 4 is 23.5 Å². The maximum Gasteiger partial charge on any atom is 0.319 e. The molecule has 1 aliphatic heterocycles. The van der Waals surface area contributed by atoms with E-state index in [0.717, 1.165) is 12.8 Å². The van der Waals surface area contributed by atoms with E-state index in [-0.39, 0.29) is 23.8 Å². The van der Waals surface area contributed by atoms with Crippen LogP contribution in [0.5, 0.6) is 5.75 Å². The fourth-order valence-electron chi connectivity index (χ4n) is 5.16. The lowest BCUT2D eigenvalue weighted by Gasteiger charge is -2.41. The molecule has 0 radical (unpaired) electrons. The molecule has 4 amide bonds. The molecule has 2 aliphatic rings. The van der Waals surface area contributed by atoms with Gasteiger partial charge in [0.25, 0.3) is 0 Å². The Morgan fingerprint density at radius 1 is 1.11 bits per heavy atom. The lowest BCUT2D eigenvalue weighted by Crippen LogP contribution is -2.60. The van der Waals surface area contributed by atoms with Gasteiger partial charge in [0.2, 0.25) is 11.8 Å². The van der Waals surface area contributed by atoms with E-state index in [4.69, 9.17) is 4.74 Å². The van der Waals surface area contributed by atoms with E-state index in [1.54, 1.807) is 36.3 Å². The highest BCUT2D eigenvalue weighted by Crippen LogP contribution is 2.29. The van der Waals surface area contributed by atoms with Crippen molar-refractivity contribution in [2.24, 2.45) is 11.8 Å². The third-order valence-corrected chi connectivity index (χ3v) is 7.61. The molecule has 0 bridgehead atoms. The number of benzene rings is 1. The summed E-state index contributed by atoms with van der Waals surface area (Å²) in [5.41, 5.74) is 0.622. The summed E-state index contributed by atoms with van der Waals surface area (Å²) in [5, 5.41) is 5.69. The third-order valence-electron chi connectivity index (χ3n) is 7.61. The van der Waals surface area contributed by atoms with Crippen LogP contribution in [0.3, 0.4) is 0 Å². The number of nitrogens with one attached hydrogen (secondary N) is 2. The van der Waals surface area contributed by atoms with Crippen LogP contribution in [0.1, 0.15) is 65.7 Å². The highest BCUT2D eigenvalue weighted by atomic mass is 16.5. The number of hydrogen-bond donors (Lipinski definition) is 2. The number of methoxy groups -OCH3 is 1. The molecular formula is C27H42N4O4. The molecule has 1 aromatic rings. The molecule has 8 heteroatoms. The van der Waals surface area contributed by atoms with Crippen LogP contribution in [0.2, 0.25) is 0 Å². The number of hydrogen-bond acceptors (Lipinski definition) is 4. The first-order chi connectivity index (χ1) is 16.8. The highest BCUT2D eigenvalue weighted by molar-refractivity contribution is 5.94. The summed E-state index contributed by atoms with van der Waals surface area (Å²) < 4.78 is 5.15. The Balaban J connectivity index is 1.54. The third kappa shape index (κ3) is 7.36. The second kappa shape index (κ2) is 12.8. The molecule has 2 fully saturated rings. The predicted molar refractivity (Wildman–Crippen MR) is 137 cm³/mol. The van der Waals surface area contributed by atoms with Gasteiger partial charge in [0.15, 0.2) is 0 Å². The molecule has 1 heterocycles. The second-order valence-corrected chi connectivity index (χ2v) is 10.1. The van der Waals surface area contributed by atoms with Crippen LogP contribution in [0.15, 0.2) is 24.3 Å². The van der Waals surface area contributed by atoms with Crippen molar-refractivity contribution in [3.8, 4) is 5.75 Å². The van der Waals surface area contributed by atoms with Gasteiger partial charge in [-0.15, -0.1) is 0 Å². The van der Waals surface area contributed by atoms with Gasteiger partial charge >= 0.3 is 6.03 Å². The van der Waals surface area contributed by atoms with Gasteiger partial charge in [-0.05, 0) is 49.4 Å². The Labute approximate surface area is 209 Å². The minimum absolute atomic E-state index is 0.0227. The van der Waals surface area contributed by atoms with Gasteiger partial charge in [0, 0.05) is 37.8 Å². The number of urea groups is 1. The molecule has 3 atom stereocenters. The summed E-state index contributed by atoms with van der Waals surface area (Å²) in [6.07, 6.45) is 7.43. The molecule has 35 heavy (non-hydrogen) atoms. The maximum atomic E-state index is 13.5. The number of piperazine rings is 1. The van der Waals surface area contributed by atoms with E-state index >= 15 is 0 Å². The molecule has 2 N–H and O–H groups in total. The Kier molecular flexibility index (Phi) is 9.81. The molecule has 8 nitrogen and oxygen atoms in total. The fourth-order valence-corrected chi connectivity index (χ4v) is 5.16. The quantitative estimate of drug-likeness (QED) is 0.546. The number of nitrogens with zero attached hydrogens (tertiary/aromatic N) is 2. The Bertz CT molecular complexity index is 853. The number of amides is 4. The van der Waals surface area contributed by atoms with Crippen molar-refractivity contribution in [3.05, 3.63) is 24.3 Å². The highest BCUT2D eigenvalue weighted by Gasteiger charge is 2.35.